The summed E-state index contributed by atoms with van der Waals surface area (Å²) in [5.41, 5.74) is 0.889. The van der Waals surface area contributed by atoms with Crippen molar-refractivity contribution in [2.24, 2.45) is 0 Å². The molecule has 0 aliphatic heterocycles. The zero-order valence-corrected chi connectivity index (χ0v) is 16.7. The SMILES string of the molecule is COc1ccc(-c2nnc3sc(COc4ccc(Cl)cc4)nn23)cc1Br. The van der Waals surface area contributed by atoms with Crippen LogP contribution >= 0.6 is 38.9 Å². The van der Waals surface area contributed by atoms with Crippen LogP contribution in [0, 0.1) is 0 Å². The molecule has 0 N–H and O–H groups in total. The fraction of sp³-hybridized carbons (Fsp3) is 0.118. The molecule has 26 heavy (non-hydrogen) atoms. The molecule has 0 aliphatic carbocycles. The molecular weight excluding hydrogens is 440 g/mol. The maximum absolute atomic E-state index is 5.88. The van der Waals surface area contributed by atoms with E-state index in [-0.39, 0.29) is 0 Å². The fourth-order valence-electron chi connectivity index (χ4n) is 2.38. The first kappa shape index (κ1) is 17.3. The third-order valence-corrected chi connectivity index (χ3v) is 5.36. The minimum Gasteiger partial charge on any atom is -0.496 e. The van der Waals surface area contributed by atoms with Crippen LogP contribution in [0.3, 0.4) is 0 Å². The Morgan fingerprint density at radius 2 is 1.96 bits per heavy atom. The van der Waals surface area contributed by atoms with E-state index in [9.17, 15) is 0 Å². The van der Waals surface area contributed by atoms with Crippen LogP contribution in [0.1, 0.15) is 5.01 Å². The van der Waals surface area contributed by atoms with Gasteiger partial charge in [-0.05, 0) is 58.4 Å². The van der Waals surface area contributed by atoms with Crippen LogP contribution in [0.4, 0.5) is 0 Å². The van der Waals surface area contributed by atoms with Gasteiger partial charge in [-0.15, -0.1) is 10.2 Å². The normalized spacial score (nSPS) is 11.0. The Hall–Kier alpha value is -2.16. The van der Waals surface area contributed by atoms with Gasteiger partial charge in [0.25, 0.3) is 0 Å². The number of fused-ring (bicyclic) bond motifs is 1. The molecule has 0 unspecified atom stereocenters. The molecule has 4 rings (SSSR count). The van der Waals surface area contributed by atoms with Gasteiger partial charge >= 0.3 is 0 Å². The second-order valence-electron chi connectivity index (χ2n) is 5.31. The van der Waals surface area contributed by atoms with Gasteiger partial charge in [0.05, 0.1) is 11.6 Å². The van der Waals surface area contributed by atoms with Gasteiger partial charge in [-0.1, -0.05) is 22.9 Å². The Labute approximate surface area is 166 Å². The van der Waals surface area contributed by atoms with E-state index in [4.69, 9.17) is 21.1 Å². The van der Waals surface area contributed by atoms with Gasteiger partial charge in [0.2, 0.25) is 4.96 Å². The van der Waals surface area contributed by atoms with Gasteiger partial charge in [-0.3, -0.25) is 0 Å². The quantitative estimate of drug-likeness (QED) is 0.434. The highest BCUT2D eigenvalue weighted by atomic mass is 79.9. The lowest BCUT2D eigenvalue weighted by molar-refractivity contribution is 0.304. The van der Waals surface area contributed by atoms with Crippen LogP contribution in [-0.2, 0) is 6.61 Å². The molecule has 4 aromatic rings. The molecule has 0 aliphatic rings. The summed E-state index contributed by atoms with van der Waals surface area (Å²) in [5, 5.41) is 14.5. The van der Waals surface area contributed by atoms with E-state index in [2.05, 4.69) is 31.2 Å². The zero-order valence-electron chi connectivity index (χ0n) is 13.5. The van der Waals surface area contributed by atoms with Gasteiger partial charge < -0.3 is 9.47 Å². The average molecular weight is 452 g/mol. The van der Waals surface area contributed by atoms with Crippen molar-refractivity contribution < 1.29 is 9.47 Å². The molecule has 0 radical (unpaired) electrons. The Bertz CT molecular complexity index is 1060. The number of hydrogen-bond acceptors (Lipinski definition) is 6. The van der Waals surface area contributed by atoms with E-state index in [1.54, 1.807) is 23.8 Å². The van der Waals surface area contributed by atoms with Crippen molar-refractivity contribution in [1.29, 1.82) is 0 Å². The van der Waals surface area contributed by atoms with Crippen LogP contribution < -0.4 is 9.47 Å². The molecule has 0 saturated heterocycles. The van der Waals surface area contributed by atoms with Crippen molar-refractivity contribution in [2.45, 2.75) is 6.61 Å². The third-order valence-electron chi connectivity index (χ3n) is 3.62. The van der Waals surface area contributed by atoms with E-state index in [1.807, 2.05) is 30.3 Å². The highest BCUT2D eigenvalue weighted by Gasteiger charge is 2.15. The van der Waals surface area contributed by atoms with Crippen LogP contribution in [0.5, 0.6) is 11.5 Å². The largest absolute Gasteiger partial charge is 0.496 e. The molecule has 6 nitrogen and oxygen atoms in total. The highest BCUT2D eigenvalue weighted by molar-refractivity contribution is 9.10. The number of ether oxygens (including phenoxy) is 2. The molecule has 132 valence electrons. The minimum atomic E-state index is 0.349. The fourth-order valence-corrected chi connectivity index (χ4v) is 3.79. The van der Waals surface area contributed by atoms with E-state index < -0.39 is 0 Å². The molecule has 0 amide bonds. The molecule has 0 saturated carbocycles. The number of hydrogen-bond donors (Lipinski definition) is 0. The van der Waals surface area contributed by atoms with Crippen molar-refractivity contribution in [3.8, 4) is 22.9 Å². The Morgan fingerprint density at radius 1 is 1.15 bits per heavy atom. The molecule has 2 aromatic carbocycles. The number of nitrogens with zero attached hydrogens (tertiary/aromatic N) is 4. The van der Waals surface area contributed by atoms with Gasteiger partial charge in [0.15, 0.2) is 10.8 Å². The topological polar surface area (TPSA) is 61.5 Å². The zero-order chi connectivity index (χ0) is 18.1. The lowest BCUT2D eigenvalue weighted by Gasteiger charge is -2.04. The van der Waals surface area contributed by atoms with Crippen LogP contribution in [0.15, 0.2) is 46.9 Å². The molecule has 2 heterocycles. The van der Waals surface area contributed by atoms with E-state index in [0.717, 1.165) is 26.5 Å². The maximum atomic E-state index is 5.88. The van der Waals surface area contributed by atoms with E-state index in [0.29, 0.717) is 22.4 Å². The summed E-state index contributed by atoms with van der Waals surface area (Å²) in [5.74, 6) is 2.15. The number of rotatable bonds is 5. The molecule has 0 atom stereocenters. The smallest absolute Gasteiger partial charge is 0.235 e. The standard InChI is InChI=1S/C17H12BrClN4O2S/c1-24-14-7-2-10(8-13(14)18)16-20-21-17-23(16)22-15(26-17)9-25-12-5-3-11(19)4-6-12/h2-8H,9H2,1H3. The summed E-state index contributed by atoms with van der Waals surface area (Å²) < 4.78 is 13.6. The first-order valence-electron chi connectivity index (χ1n) is 7.57. The van der Waals surface area contributed by atoms with Crippen molar-refractivity contribution in [2.75, 3.05) is 7.11 Å². The maximum Gasteiger partial charge on any atom is 0.235 e. The van der Waals surface area contributed by atoms with Crippen molar-refractivity contribution in [3.05, 3.63) is 57.0 Å². The van der Waals surface area contributed by atoms with Gasteiger partial charge in [-0.25, -0.2) is 0 Å². The second-order valence-corrected chi connectivity index (χ2v) is 7.64. The lowest BCUT2D eigenvalue weighted by Crippen LogP contribution is -1.97. The summed E-state index contributed by atoms with van der Waals surface area (Å²) in [6, 6.07) is 12.9. The first-order valence-corrected chi connectivity index (χ1v) is 9.56. The van der Waals surface area contributed by atoms with E-state index >= 15 is 0 Å². The highest BCUT2D eigenvalue weighted by Crippen LogP contribution is 2.30. The average Bonchev–Trinajstić information content (AvgIpc) is 3.21. The van der Waals surface area contributed by atoms with Crippen LogP contribution in [0.25, 0.3) is 16.3 Å². The molecule has 0 bridgehead atoms. The Kier molecular flexibility index (Phi) is 4.80. The molecule has 2 aromatic heterocycles. The molecular formula is C17H12BrClN4O2S. The van der Waals surface area contributed by atoms with Gasteiger partial charge in [0.1, 0.15) is 18.1 Å². The van der Waals surface area contributed by atoms with Gasteiger partial charge in [-0.2, -0.15) is 9.61 Å². The summed E-state index contributed by atoms with van der Waals surface area (Å²) in [6.07, 6.45) is 0. The number of methoxy groups -OCH3 is 1. The Morgan fingerprint density at radius 3 is 2.69 bits per heavy atom. The van der Waals surface area contributed by atoms with E-state index in [1.165, 1.54) is 11.3 Å². The number of halogens is 2. The monoisotopic (exact) mass is 450 g/mol. The van der Waals surface area contributed by atoms with Crippen molar-refractivity contribution in [3.63, 3.8) is 0 Å². The first-order chi connectivity index (χ1) is 12.6. The summed E-state index contributed by atoms with van der Waals surface area (Å²) in [6.45, 7) is 0.349. The summed E-state index contributed by atoms with van der Waals surface area (Å²) >= 11 is 10.8. The molecule has 0 spiro atoms. The van der Waals surface area contributed by atoms with Crippen LogP contribution in [0.2, 0.25) is 5.02 Å². The minimum absolute atomic E-state index is 0.349. The number of aromatic nitrogens is 4. The van der Waals surface area contributed by atoms with Crippen LogP contribution in [-0.4, -0.2) is 26.9 Å². The third kappa shape index (κ3) is 3.40. The second kappa shape index (κ2) is 7.22. The molecule has 9 heteroatoms. The number of benzene rings is 2. The van der Waals surface area contributed by atoms with Crippen molar-refractivity contribution in [1.82, 2.24) is 19.8 Å². The predicted molar refractivity (Wildman–Crippen MR) is 104 cm³/mol. The van der Waals surface area contributed by atoms with Crippen molar-refractivity contribution >= 4 is 43.8 Å². The summed E-state index contributed by atoms with van der Waals surface area (Å²) in [4.78, 5) is 0.710. The molecule has 0 fully saturated rings. The summed E-state index contributed by atoms with van der Waals surface area (Å²) in [7, 11) is 1.63. The predicted octanol–water partition coefficient (Wildman–Crippen LogP) is 4.86. The van der Waals surface area contributed by atoms with Gasteiger partial charge in [0, 0.05) is 10.6 Å². The Balaban J connectivity index is 1.58. The lowest BCUT2D eigenvalue weighted by atomic mass is 10.2.